The Labute approximate surface area is 160 Å². The Hall–Kier alpha value is -1.81. The zero-order valence-electron chi connectivity index (χ0n) is 16.0. The summed E-state index contributed by atoms with van der Waals surface area (Å²) >= 11 is 1.79. The third-order valence-electron chi connectivity index (χ3n) is 6.12. The van der Waals surface area contributed by atoms with Crippen LogP contribution in [0.25, 0.3) is 0 Å². The summed E-state index contributed by atoms with van der Waals surface area (Å²) in [6, 6.07) is 6.50. The number of nitrogens with zero attached hydrogens (tertiary/aromatic N) is 2. The molecule has 0 N–H and O–H groups in total. The van der Waals surface area contributed by atoms with Gasteiger partial charge in [0.15, 0.2) is 0 Å². The van der Waals surface area contributed by atoms with E-state index in [1.165, 1.54) is 33.7 Å². The molecule has 1 aliphatic heterocycles. The van der Waals surface area contributed by atoms with Crippen molar-refractivity contribution in [2.24, 2.45) is 5.92 Å². The van der Waals surface area contributed by atoms with Crippen molar-refractivity contribution in [2.45, 2.75) is 40.0 Å². The highest BCUT2D eigenvalue weighted by atomic mass is 32.1. The highest BCUT2D eigenvalue weighted by molar-refractivity contribution is 7.10. The molecule has 2 aliphatic rings. The first-order valence-electron chi connectivity index (χ1n) is 9.74. The molecule has 3 nitrogen and oxygen atoms in total. The van der Waals surface area contributed by atoms with Gasteiger partial charge in [-0.3, -0.25) is 4.79 Å². The van der Waals surface area contributed by atoms with E-state index in [0.29, 0.717) is 0 Å². The van der Waals surface area contributed by atoms with Crippen molar-refractivity contribution in [1.82, 2.24) is 4.90 Å². The van der Waals surface area contributed by atoms with Gasteiger partial charge in [-0.15, -0.1) is 11.3 Å². The van der Waals surface area contributed by atoms with Crippen molar-refractivity contribution < 1.29 is 4.79 Å². The molecule has 1 fully saturated rings. The van der Waals surface area contributed by atoms with Crippen molar-refractivity contribution in [1.29, 1.82) is 0 Å². The average molecular weight is 369 g/mol. The number of amides is 1. The number of hydrogen-bond acceptors (Lipinski definition) is 3. The van der Waals surface area contributed by atoms with Gasteiger partial charge in [-0.1, -0.05) is 19.1 Å². The summed E-state index contributed by atoms with van der Waals surface area (Å²) in [5, 5.41) is 2.11. The average Bonchev–Trinajstić information content (AvgIpc) is 3.06. The van der Waals surface area contributed by atoms with Gasteiger partial charge in [-0.05, 0) is 61.8 Å². The Kier molecular flexibility index (Phi) is 4.78. The molecule has 1 aromatic carbocycles. The van der Waals surface area contributed by atoms with Gasteiger partial charge >= 0.3 is 0 Å². The number of carbonyl (C=O) groups excluding carboxylic acids is 1. The SMILES string of the molecule is Cc1cccc(N2CCN(C(=O)c3csc4c3CCC(C)C4)CC2)c1C. The van der Waals surface area contributed by atoms with Crippen molar-refractivity contribution in [3.05, 3.63) is 50.7 Å². The van der Waals surface area contributed by atoms with Crippen LogP contribution < -0.4 is 4.90 Å². The van der Waals surface area contributed by atoms with Gasteiger partial charge in [0.25, 0.3) is 5.91 Å². The Morgan fingerprint density at radius 2 is 1.92 bits per heavy atom. The first-order valence-corrected chi connectivity index (χ1v) is 10.6. The molecule has 4 heteroatoms. The lowest BCUT2D eigenvalue weighted by Gasteiger charge is -2.37. The zero-order valence-corrected chi connectivity index (χ0v) is 16.9. The van der Waals surface area contributed by atoms with Crippen LogP contribution in [0.15, 0.2) is 23.6 Å². The maximum Gasteiger partial charge on any atom is 0.255 e. The van der Waals surface area contributed by atoms with Gasteiger partial charge in [-0.2, -0.15) is 0 Å². The molecule has 1 unspecified atom stereocenters. The first kappa shape index (κ1) is 17.6. The third-order valence-corrected chi connectivity index (χ3v) is 7.17. The topological polar surface area (TPSA) is 23.6 Å². The summed E-state index contributed by atoms with van der Waals surface area (Å²) in [6.07, 6.45) is 3.43. The van der Waals surface area contributed by atoms with Crippen LogP contribution in [-0.4, -0.2) is 37.0 Å². The fourth-order valence-corrected chi connectivity index (χ4v) is 5.49. The molecule has 4 rings (SSSR count). The second-order valence-electron chi connectivity index (χ2n) is 7.90. The number of fused-ring (bicyclic) bond motifs is 1. The highest BCUT2D eigenvalue weighted by Gasteiger charge is 2.28. The number of aryl methyl sites for hydroxylation is 1. The number of anilines is 1. The van der Waals surface area contributed by atoms with E-state index >= 15 is 0 Å². The minimum absolute atomic E-state index is 0.248. The number of piperazine rings is 1. The zero-order chi connectivity index (χ0) is 18.3. The minimum Gasteiger partial charge on any atom is -0.368 e. The predicted molar refractivity (Wildman–Crippen MR) is 110 cm³/mol. The fourth-order valence-electron chi connectivity index (χ4n) is 4.26. The molecule has 0 saturated carbocycles. The Bertz CT molecular complexity index is 818. The molecule has 138 valence electrons. The molecule has 0 bridgehead atoms. The van der Waals surface area contributed by atoms with Crippen LogP contribution >= 0.6 is 11.3 Å². The lowest BCUT2D eigenvalue weighted by atomic mass is 9.88. The number of benzene rings is 1. The van der Waals surface area contributed by atoms with E-state index in [2.05, 4.69) is 54.2 Å². The van der Waals surface area contributed by atoms with Gasteiger partial charge < -0.3 is 9.80 Å². The molecule has 0 spiro atoms. The lowest BCUT2D eigenvalue weighted by Crippen LogP contribution is -2.49. The van der Waals surface area contributed by atoms with Crippen LogP contribution in [0.3, 0.4) is 0 Å². The maximum absolute atomic E-state index is 13.1. The largest absolute Gasteiger partial charge is 0.368 e. The molecule has 2 heterocycles. The second kappa shape index (κ2) is 7.07. The molecule has 0 radical (unpaired) electrons. The van der Waals surface area contributed by atoms with E-state index < -0.39 is 0 Å². The second-order valence-corrected chi connectivity index (χ2v) is 8.86. The third kappa shape index (κ3) is 3.16. The molecular weight excluding hydrogens is 340 g/mol. The van der Waals surface area contributed by atoms with Gasteiger partial charge in [0, 0.05) is 42.1 Å². The fraction of sp³-hybridized carbons (Fsp3) is 0.500. The summed E-state index contributed by atoms with van der Waals surface area (Å²) in [5.41, 5.74) is 6.33. The van der Waals surface area contributed by atoms with Crippen molar-refractivity contribution in [2.75, 3.05) is 31.1 Å². The Balaban J connectivity index is 1.45. The van der Waals surface area contributed by atoms with Gasteiger partial charge in [0.2, 0.25) is 0 Å². The van der Waals surface area contributed by atoms with E-state index in [1.54, 1.807) is 11.3 Å². The molecule has 1 aliphatic carbocycles. The number of carbonyl (C=O) groups is 1. The summed E-state index contributed by atoms with van der Waals surface area (Å²) in [5.74, 6) is 1.00. The molecule has 1 amide bonds. The van der Waals surface area contributed by atoms with Gasteiger partial charge in [0.1, 0.15) is 0 Å². The number of thiophene rings is 1. The normalized spacial score (nSPS) is 20.2. The van der Waals surface area contributed by atoms with E-state index in [-0.39, 0.29) is 5.91 Å². The quantitative estimate of drug-likeness (QED) is 0.782. The van der Waals surface area contributed by atoms with Crippen LogP contribution in [0.1, 0.15) is 45.3 Å². The van der Waals surface area contributed by atoms with Crippen molar-refractivity contribution in [3.8, 4) is 0 Å². The summed E-state index contributed by atoms with van der Waals surface area (Å²) in [6.45, 7) is 10.1. The minimum atomic E-state index is 0.248. The standard InChI is InChI=1S/C22H28N2OS/c1-15-7-8-18-19(14-26-21(18)13-15)22(25)24-11-9-23(10-12-24)20-6-4-5-16(2)17(20)3/h4-6,14-15H,7-13H2,1-3H3. The number of hydrogen-bond donors (Lipinski definition) is 0. The van der Waals surface area contributed by atoms with Crippen LogP contribution in [0, 0.1) is 19.8 Å². The Morgan fingerprint density at radius 3 is 2.69 bits per heavy atom. The van der Waals surface area contributed by atoms with E-state index in [9.17, 15) is 4.79 Å². The smallest absolute Gasteiger partial charge is 0.255 e. The van der Waals surface area contributed by atoms with Crippen LogP contribution in [0.4, 0.5) is 5.69 Å². The van der Waals surface area contributed by atoms with Gasteiger partial charge in [-0.25, -0.2) is 0 Å². The molecular formula is C22H28N2OS. The highest BCUT2D eigenvalue weighted by Crippen LogP contribution is 2.33. The number of rotatable bonds is 2. The van der Waals surface area contributed by atoms with Crippen LogP contribution in [0.5, 0.6) is 0 Å². The summed E-state index contributed by atoms with van der Waals surface area (Å²) in [4.78, 5) is 19.0. The van der Waals surface area contributed by atoms with Crippen molar-refractivity contribution >= 4 is 22.9 Å². The summed E-state index contributed by atoms with van der Waals surface area (Å²) < 4.78 is 0. The predicted octanol–water partition coefficient (Wildman–Crippen LogP) is 4.45. The molecule has 2 aromatic rings. The first-order chi connectivity index (χ1) is 12.5. The van der Waals surface area contributed by atoms with Crippen LogP contribution in [-0.2, 0) is 12.8 Å². The van der Waals surface area contributed by atoms with Crippen LogP contribution in [0.2, 0.25) is 0 Å². The van der Waals surface area contributed by atoms with E-state index in [0.717, 1.165) is 50.5 Å². The Morgan fingerprint density at radius 1 is 1.15 bits per heavy atom. The maximum atomic E-state index is 13.1. The monoisotopic (exact) mass is 368 g/mol. The van der Waals surface area contributed by atoms with E-state index in [4.69, 9.17) is 0 Å². The van der Waals surface area contributed by atoms with Gasteiger partial charge in [0.05, 0.1) is 5.56 Å². The molecule has 1 saturated heterocycles. The molecule has 1 aromatic heterocycles. The van der Waals surface area contributed by atoms with E-state index in [1.807, 2.05) is 0 Å². The molecule has 1 atom stereocenters. The van der Waals surface area contributed by atoms with Crippen molar-refractivity contribution in [3.63, 3.8) is 0 Å². The lowest BCUT2D eigenvalue weighted by molar-refractivity contribution is 0.0746. The molecule has 26 heavy (non-hydrogen) atoms. The summed E-state index contributed by atoms with van der Waals surface area (Å²) in [7, 11) is 0.